The van der Waals surface area contributed by atoms with Crippen LogP contribution in [0.5, 0.6) is 0 Å². The maximum Gasteiger partial charge on any atom is 0.417 e. The van der Waals surface area contributed by atoms with Gasteiger partial charge < -0.3 is 10.2 Å². The number of hydrogen-bond acceptors (Lipinski definition) is 5. The van der Waals surface area contributed by atoms with Crippen molar-refractivity contribution in [1.29, 1.82) is 0 Å². The van der Waals surface area contributed by atoms with E-state index in [0.29, 0.717) is 25.2 Å². The summed E-state index contributed by atoms with van der Waals surface area (Å²) in [5.41, 5.74) is -1.19. The molecular weight excluding hydrogens is 469 g/mol. The standard InChI is InChI=1S/C24H18F5N5O/c25-15-4-1-3-14(20-30-5-2-6-31-20)18(15)22(35)34-11-13-8-23(13)9-17(19(23)34)33-21-16(26)7-12(10-32-21)24(27,28)29/h1-7,10,13,17,19H,8-9,11H2,(H,32,33). The Labute approximate surface area is 196 Å². The number of hydrogen-bond donors (Lipinski definition) is 1. The number of carbonyl (C=O) groups excluding carboxylic acids is 1. The van der Waals surface area contributed by atoms with E-state index < -0.39 is 35.3 Å². The molecule has 2 aromatic heterocycles. The monoisotopic (exact) mass is 487 g/mol. The SMILES string of the molecule is O=C(c1c(F)cccc1-c1ncccn1)N1CC2CC23CC(Nc2ncc(C(F)(F)F)cc2F)C13. The molecule has 4 atom stereocenters. The van der Waals surface area contributed by atoms with Crippen LogP contribution in [-0.4, -0.2) is 44.4 Å². The lowest BCUT2D eigenvalue weighted by Gasteiger charge is -2.48. The third kappa shape index (κ3) is 3.35. The van der Waals surface area contributed by atoms with Gasteiger partial charge in [-0.25, -0.2) is 23.7 Å². The van der Waals surface area contributed by atoms with Gasteiger partial charge in [0.05, 0.1) is 17.2 Å². The Morgan fingerprint density at radius 3 is 2.54 bits per heavy atom. The number of pyridine rings is 1. The first-order valence-electron chi connectivity index (χ1n) is 11.1. The molecule has 6 rings (SSSR count). The van der Waals surface area contributed by atoms with Crippen LogP contribution in [0.1, 0.15) is 28.8 Å². The summed E-state index contributed by atoms with van der Waals surface area (Å²) < 4.78 is 67.9. The molecule has 2 saturated carbocycles. The second-order valence-electron chi connectivity index (χ2n) is 9.28. The number of carbonyl (C=O) groups is 1. The zero-order chi connectivity index (χ0) is 24.5. The second kappa shape index (κ2) is 7.43. The van der Waals surface area contributed by atoms with E-state index in [1.165, 1.54) is 24.5 Å². The lowest BCUT2D eigenvalue weighted by molar-refractivity contribution is -0.138. The minimum Gasteiger partial charge on any atom is -0.363 e. The third-order valence-electron chi connectivity index (χ3n) is 7.39. The lowest BCUT2D eigenvalue weighted by Crippen LogP contribution is -2.60. The Morgan fingerprint density at radius 1 is 1.06 bits per heavy atom. The number of nitrogens with zero attached hydrogens (tertiary/aromatic N) is 4. The van der Waals surface area contributed by atoms with Crippen LogP contribution in [0.3, 0.4) is 0 Å². The zero-order valence-electron chi connectivity index (χ0n) is 18.1. The molecule has 0 bridgehead atoms. The Kier molecular flexibility index (Phi) is 4.64. The van der Waals surface area contributed by atoms with Gasteiger partial charge in [-0.1, -0.05) is 12.1 Å². The zero-order valence-corrected chi connectivity index (χ0v) is 18.1. The molecule has 1 N–H and O–H groups in total. The highest BCUT2D eigenvalue weighted by molar-refractivity contribution is 6.01. The average Bonchev–Trinajstić information content (AvgIpc) is 3.48. The van der Waals surface area contributed by atoms with Crippen LogP contribution in [0.2, 0.25) is 0 Å². The number of amides is 1. The van der Waals surface area contributed by atoms with Gasteiger partial charge in [0.15, 0.2) is 17.5 Å². The van der Waals surface area contributed by atoms with Crippen molar-refractivity contribution in [2.75, 3.05) is 11.9 Å². The minimum atomic E-state index is -4.71. The molecule has 3 fully saturated rings. The average molecular weight is 487 g/mol. The maximum absolute atomic E-state index is 14.9. The minimum absolute atomic E-state index is 0.135. The van der Waals surface area contributed by atoms with Gasteiger partial charge >= 0.3 is 6.18 Å². The molecular formula is C24H18F5N5O. The summed E-state index contributed by atoms with van der Waals surface area (Å²) in [6.45, 7) is 0.425. The first-order chi connectivity index (χ1) is 16.7. The van der Waals surface area contributed by atoms with E-state index in [-0.39, 0.29) is 40.1 Å². The molecule has 1 amide bonds. The molecule has 1 aliphatic heterocycles. The Morgan fingerprint density at radius 2 is 1.83 bits per heavy atom. The number of piperidine rings is 1. The summed E-state index contributed by atoms with van der Waals surface area (Å²) in [6, 6.07) is 5.49. The molecule has 0 radical (unpaired) electrons. The molecule has 35 heavy (non-hydrogen) atoms. The van der Waals surface area contributed by atoms with Gasteiger partial charge in [-0.2, -0.15) is 13.2 Å². The summed E-state index contributed by atoms with van der Waals surface area (Å²) in [5.74, 6) is -2.18. The summed E-state index contributed by atoms with van der Waals surface area (Å²) in [7, 11) is 0. The lowest BCUT2D eigenvalue weighted by atomic mass is 9.71. The predicted octanol–water partition coefficient (Wildman–Crippen LogP) is 4.55. The van der Waals surface area contributed by atoms with Crippen LogP contribution >= 0.6 is 0 Å². The first kappa shape index (κ1) is 21.9. The van der Waals surface area contributed by atoms with Gasteiger partial charge in [-0.05, 0) is 42.4 Å². The summed E-state index contributed by atoms with van der Waals surface area (Å²) in [6.07, 6.45) is 0.387. The van der Waals surface area contributed by atoms with Crippen molar-refractivity contribution in [2.24, 2.45) is 11.3 Å². The van der Waals surface area contributed by atoms with Crippen molar-refractivity contribution in [3.8, 4) is 11.4 Å². The molecule has 1 saturated heterocycles. The molecule has 11 heteroatoms. The third-order valence-corrected chi connectivity index (χ3v) is 7.39. The fourth-order valence-corrected chi connectivity index (χ4v) is 5.74. The molecule has 3 aromatic rings. The van der Waals surface area contributed by atoms with Gasteiger partial charge in [-0.15, -0.1) is 0 Å². The van der Waals surface area contributed by atoms with E-state index >= 15 is 0 Å². The Balaban J connectivity index is 1.29. The topological polar surface area (TPSA) is 71.0 Å². The van der Waals surface area contributed by atoms with Gasteiger partial charge in [-0.3, -0.25) is 4.79 Å². The van der Waals surface area contributed by atoms with Crippen LogP contribution in [0.25, 0.3) is 11.4 Å². The number of rotatable bonds is 4. The first-order valence-corrected chi connectivity index (χ1v) is 11.1. The van der Waals surface area contributed by atoms with Crippen molar-refractivity contribution in [3.63, 3.8) is 0 Å². The normalized spacial score (nSPS) is 26.5. The largest absolute Gasteiger partial charge is 0.417 e. The van der Waals surface area contributed by atoms with E-state index in [1.807, 2.05) is 0 Å². The highest BCUT2D eigenvalue weighted by Gasteiger charge is 2.75. The molecule has 6 nitrogen and oxygen atoms in total. The smallest absolute Gasteiger partial charge is 0.363 e. The van der Waals surface area contributed by atoms with Crippen LogP contribution in [0.15, 0.2) is 48.9 Å². The molecule has 180 valence electrons. The highest BCUT2D eigenvalue weighted by Crippen LogP contribution is 2.71. The van der Waals surface area contributed by atoms with Crippen molar-refractivity contribution in [3.05, 3.63) is 71.7 Å². The van der Waals surface area contributed by atoms with E-state index in [2.05, 4.69) is 20.3 Å². The predicted molar refractivity (Wildman–Crippen MR) is 114 cm³/mol. The number of benzene rings is 1. The van der Waals surface area contributed by atoms with Crippen LogP contribution in [0.4, 0.5) is 27.8 Å². The van der Waals surface area contributed by atoms with Gasteiger partial charge in [0.25, 0.3) is 5.91 Å². The molecule has 1 spiro atoms. The van der Waals surface area contributed by atoms with E-state index in [0.717, 1.165) is 6.42 Å². The second-order valence-corrected chi connectivity index (χ2v) is 9.28. The van der Waals surface area contributed by atoms with E-state index in [9.17, 15) is 26.7 Å². The number of alkyl halides is 3. The number of likely N-dealkylation sites (tertiary alicyclic amines) is 1. The Bertz CT molecular complexity index is 1330. The van der Waals surface area contributed by atoms with Crippen LogP contribution < -0.4 is 5.32 Å². The Hall–Kier alpha value is -3.63. The molecule has 1 aromatic carbocycles. The van der Waals surface area contributed by atoms with Crippen LogP contribution in [-0.2, 0) is 6.18 Å². The van der Waals surface area contributed by atoms with Gasteiger partial charge in [0.1, 0.15) is 5.82 Å². The van der Waals surface area contributed by atoms with E-state index in [4.69, 9.17) is 0 Å². The fraction of sp³-hybridized carbons (Fsp3) is 0.333. The number of halogens is 5. The summed E-state index contributed by atoms with van der Waals surface area (Å²) >= 11 is 0. The fourth-order valence-electron chi connectivity index (χ4n) is 5.74. The quantitative estimate of drug-likeness (QED) is 0.547. The number of aromatic nitrogens is 3. The van der Waals surface area contributed by atoms with Crippen molar-refractivity contribution < 1.29 is 26.7 Å². The molecule has 3 heterocycles. The highest BCUT2D eigenvalue weighted by atomic mass is 19.4. The number of anilines is 1. The molecule has 3 aliphatic rings. The van der Waals surface area contributed by atoms with Crippen LogP contribution in [0, 0.1) is 23.0 Å². The van der Waals surface area contributed by atoms with Gasteiger partial charge in [0, 0.05) is 36.7 Å². The molecule has 4 unspecified atom stereocenters. The van der Waals surface area contributed by atoms with Crippen molar-refractivity contribution >= 4 is 11.7 Å². The summed E-state index contributed by atoms with van der Waals surface area (Å²) in [5, 5.41) is 2.88. The van der Waals surface area contributed by atoms with E-state index in [1.54, 1.807) is 17.0 Å². The summed E-state index contributed by atoms with van der Waals surface area (Å²) in [4.78, 5) is 27.1. The number of nitrogens with one attached hydrogen (secondary N) is 1. The maximum atomic E-state index is 14.9. The molecule has 2 aliphatic carbocycles. The van der Waals surface area contributed by atoms with Crippen molar-refractivity contribution in [2.45, 2.75) is 31.1 Å². The van der Waals surface area contributed by atoms with Crippen molar-refractivity contribution in [1.82, 2.24) is 19.9 Å². The van der Waals surface area contributed by atoms with Gasteiger partial charge in [0.2, 0.25) is 0 Å².